The fraction of sp³-hybridized carbons (Fsp3) is 0.381. The van der Waals surface area contributed by atoms with Gasteiger partial charge in [0, 0.05) is 24.4 Å². The molecule has 1 amide bonds. The third-order valence-corrected chi connectivity index (χ3v) is 5.29. The van der Waals surface area contributed by atoms with Crippen molar-refractivity contribution in [3.05, 3.63) is 42.5 Å². The zero-order chi connectivity index (χ0) is 23.3. The van der Waals surface area contributed by atoms with Gasteiger partial charge in [0.15, 0.2) is 6.61 Å². The molecule has 1 aromatic heterocycles. The number of hydrogen-bond acceptors (Lipinski definition) is 9. The lowest BCUT2D eigenvalue weighted by atomic mass is 10.2. The number of nitrogens with two attached hydrogens (primary N) is 1. The summed E-state index contributed by atoms with van der Waals surface area (Å²) in [6.07, 6.45) is 2.18. The van der Waals surface area contributed by atoms with E-state index < -0.39 is 24.5 Å². The molecule has 9 nitrogen and oxygen atoms in total. The van der Waals surface area contributed by atoms with Gasteiger partial charge in [0.2, 0.25) is 11.8 Å². The Morgan fingerprint density at radius 3 is 2.66 bits per heavy atom. The summed E-state index contributed by atoms with van der Waals surface area (Å²) < 4.78 is 11.3. The normalized spacial score (nSPS) is 12.5. The van der Waals surface area contributed by atoms with Crippen LogP contribution in [0.25, 0.3) is 0 Å². The number of ether oxygens (including phenoxy) is 2. The number of carboxylic acids is 1. The number of benzene rings is 1. The van der Waals surface area contributed by atoms with Gasteiger partial charge in [-0.2, -0.15) is 29.4 Å². The minimum absolute atomic E-state index is 0.135. The first-order valence-corrected chi connectivity index (χ1v) is 11.9. The molecule has 0 saturated heterocycles. The van der Waals surface area contributed by atoms with E-state index in [9.17, 15) is 14.7 Å². The third-order valence-electron chi connectivity index (χ3n) is 4.17. The molecule has 32 heavy (non-hydrogen) atoms. The molecule has 174 valence electrons. The molecule has 0 aliphatic rings. The van der Waals surface area contributed by atoms with Crippen LogP contribution in [0.1, 0.15) is 6.42 Å². The van der Waals surface area contributed by atoms with Crippen LogP contribution in [-0.4, -0.2) is 65.0 Å². The van der Waals surface area contributed by atoms with Crippen molar-refractivity contribution in [1.29, 1.82) is 0 Å². The van der Waals surface area contributed by atoms with Crippen molar-refractivity contribution in [2.24, 2.45) is 5.73 Å². The summed E-state index contributed by atoms with van der Waals surface area (Å²) in [5.41, 5.74) is 6.42. The van der Waals surface area contributed by atoms with E-state index >= 15 is 0 Å². The molecule has 2 unspecified atom stereocenters. The molecular formula is C21H28N4O5S2. The highest BCUT2D eigenvalue weighted by molar-refractivity contribution is 7.98. The number of hydrogen-bond donors (Lipinski definition) is 5. The number of nitrogens with one attached hydrogen (secondary N) is 2. The average Bonchev–Trinajstić information content (AvgIpc) is 2.79. The lowest BCUT2D eigenvalue weighted by Gasteiger charge is -2.17. The van der Waals surface area contributed by atoms with Crippen LogP contribution in [0.3, 0.4) is 0 Å². The first-order chi connectivity index (χ1) is 15.4. The number of aliphatic carboxylic acids is 1. The Balaban J connectivity index is 2.09. The highest BCUT2D eigenvalue weighted by atomic mass is 32.2. The van der Waals surface area contributed by atoms with Gasteiger partial charge in [-0.15, -0.1) is 0 Å². The van der Waals surface area contributed by atoms with Crippen LogP contribution in [0.4, 0.5) is 5.69 Å². The number of carbonyl (C=O) groups excluding carboxylic acids is 1. The summed E-state index contributed by atoms with van der Waals surface area (Å²) in [4.78, 5) is 28.0. The second-order valence-corrected chi connectivity index (χ2v) is 8.12. The van der Waals surface area contributed by atoms with Crippen molar-refractivity contribution in [3.63, 3.8) is 0 Å². The van der Waals surface area contributed by atoms with Crippen LogP contribution in [0.2, 0.25) is 0 Å². The maximum atomic E-state index is 12.3. The Kier molecular flexibility index (Phi) is 11.0. The molecule has 0 aliphatic carbocycles. The third kappa shape index (κ3) is 8.85. The molecule has 0 fully saturated rings. The maximum absolute atomic E-state index is 12.3. The van der Waals surface area contributed by atoms with Crippen LogP contribution in [-0.2, 0) is 9.59 Å². The Labute approximate surface area is 196 Å². The van der Waals surface area contributed by atoms with Crippen LogP contribution in [0.5, 0.6) is 17.5 Å². The smallest absolute Gasteiger partial charge is 0.326 e. The van der Waals surface area contributed by atoms with E-state index in [1.165, 1.54) is 11.8 Å². The zero-order valence-corrected chi connectivity index (χ0v) is 19.4. The van der Waals surface area contributed by atoms with Gasteiger partial charge in [-0.25, -0.2) is 4.79 Å². The summed E-state index contributed by atoms with van der Waals surface area (Å²) in [5.74, 6) is 0.452. The number of para-hydroxylation sites is 1. The molecule has 1 aromatic carbocycles. The van der Waals surface area contributed by atoms with Gasteiger partial charge >= 0.3 is 5.97 Å². The molecule has 2 rings (SSSR count). The number of carboxylic acid groups (broad SMARTS) is 1. The van der Waals surface area contributed by atoms with Crippen molar-refractivity contribution in [3.8, 4) is 17.5 Å². The van der Waals surface area contributed by atoms with Crippen LogP contribution >= 0.6 is 24.4 Å². The monoisotopic (exact) mass is 480 g/mol. The number of rotatable bonds is 14. The molecule has 0 bridgehead atoms. The Hall–Kier alpha value is -2.63. The number of carbonyl (C=O) groups is 2. The van der Waals surface area contributed by atoms with Gasteiger partial charge in [0.1, 0.15) is 11.8 Å². The second kappa shape index (κ2) is 13.7. The number of nitrogens with zero attached hydrogens (tertiary/aromatic N) is 1. The maximum Gasteiger partial charge on any atom is 0.326 e. The van der Waals surface area contributed by atoms with Crippen molar-refractivity contribution in [2.75, 3.05) is 36.2 Å². The minimum atomic E-state index is -1.09. The highest BCUT2D eigenvalue weighted by Gasteiger charge is 2.20. The molecule has 11 heteroatoms. The SMILES string of the molecule is CSCCC(NC(=O)COc1nc(Oc2ccccc2)ccc1NCC(N)CS)C(=O)O. The summed E-state index contributed by atoms with van der Waals surface area (Å²) >= 11 is 5.67. The molecule has 5 N–H and O–H groups in total. The molecule has 2 atom stereocenters. The van der Waals surface area contributed by atoms with E-state index in [4.69, 9.17) is 15.2 Å². The summed E-state index contributed by atoms with van der Waals surface area (Å²) in [5, 5.41) is 14.9. The van der Waals surface area contributed by atoms with Crippen molar-refractivity contribution in [2.45, 2.75) is 18.5 Å². The Bertz CT molecular complexity index is 873. The van der Waals surface area contributed by atoms with Crippen molar-refractivity contribution < 1.29 is 24.2 Å². The first-order valence-electron chi connectivity index (χ1n) is 9.91. The van der Waals surface area contributed by atoms with E-state index in [-0.39, 0.29) is 17.8 Å². The van der Waals surface area contributed by atoms with E-state index in [0.717, 1.165) is 0 Å². The lowest BCUT2D eigenvalue weighted by molar-refractivity contribution is -0.142. The van der Waals surface area contributed by atoms with Gasteiger partial charge in [-0.05, 0) is 36.6 Å². The molecule has 0 saturated carbocycles. The Morgan fingerprint density at radius 2 is 2.00 bits per heavy atom. The number of aromatic nitrogens is 1. The first kappa shape index (κ1) is 25.6. The topological polar surface area (TPSA) is 136 Å². The van der Waals surface area contributed by atoms with E-state index in [2.05, 4.69) is 28.2 Å². The predicted molar refractivity (Wildman–Crippen MR) is 129 cm³/mol. The van der Waals surface area contributed by atoms with Gasteiger partial charge in [-0.1, -0.05) is 18.2 Å². The molecule has 0 aliphatic heterocycles. The molecule has 1 heterocycles. The van der Waals surface area contributed by atoms with Crippen LogP contribution in [0, 0.1) is 0 Å². The van der Waals surface area contributed by atoms with Gasteiger partial charge in [0.25, 0.3) is 5.91 Å². The largest absolute Gasteiger partial charge is 0.480 e. The molecular weight excluding hydrogens is 452 g/mol. The molecule has 2 aromatic rings. The van der Waals surface area contributed by atoms with E-state index in [1.54, 1.807) is 24.3 Å². The highest BCUT2D eigenvalue weighted by Crippen LogP contribution is 2.28. The summed E-state index contributed by atoms with van der Waals surface area (Å²) in [6.45, 7) is 0.0144. The van der Waals surface area contributed by atoms with Gasteiger partial charge in [0.05, 0.1) is 5.69 Å². The molecule has 0 spiro atoms. The second-order valence-electron chi connectivity index (χ2n) is 6.77. The summed E-state index contributed by atoms with van der Waals surface area (Å²) in [6, 6.07) is 11.3. The minimum Gasteiger partial charge on any atom is -0.480 e. The standard InChI is InChI=1S/C21H28N4O5S2/c1-32-10-9-17(21(27)28)24-18(26)12-29-20-16(23-11-14(22)13-31)7-8-19(25-20)30-15-5-3-2-4-6-15/h2-8,14,17,23,31H,9-13,22H2,1H3,(H,24,26)(H,27,28). The zero-order valence-electron chi connectivity index (χ0n) is 17.7. The number of amides is 1. The van der Waals surface area contributed by atoms with E-state index in [0.29, 0.717) is 35.9 Å². The number of anilines is 1. The van der Waals surface area contributed by atoms with Crippen LogP contribution in [0.15, 0.2) is 42.5 Å². The number of thioether (sulfide) groups is 1. The fourth-order valence-corrected chi connectivity index (χ4v) is 3.10. The van der Waals surface area contributed by atoms with Crippen molar-refractivity contribution in [1.82, 2.24) is 10.3 Å². The fourth-order valence-electron chi connectivity index (χ4n) is 2.50. The van der Waals surface area contributed by atoms with Gasteiger partial charge in [-0.3, -0.25) is 4.79 Å². The Morgan fingerprint density at radius 1 is 1.25 bits per heavy atom. The van der Waals surface area contributed by atoms with Gasteiger partial charge < -0.3 is 30.9 Å². The quantitative estimate of drug-likeness (QED) is 0.258. The van der Waals surface area contributed by atoms with Crippen molar-refractivity contribution >= 4 is 42.0 Å². The lowest BCUT2D eigenvalue weighted by Crippen LogP contribution is -2.43. The predicted octanol–water partition coefficient (Wildman–Crippen LogP) is 2.24. The van der Waals surface area contributed by atoms with Crippen LogP contribution < -0.4 is 25.8 Å². The summed E-state index contributed by atoms with van der Waals surface area (Å²) in [7, 11) is 0. The van der Waals surface area contributed by atoms with E-state index in [1.807, 2.05) is 24.5 Å². The number of pyridine rings is 1. The average molecular weight is 481 g/mol. The number of thiol groups is 1. The molecule has 0 radical (unpaired) electrons.